The van der Waals surface area contributed by atoms with Crippen molar-refractivity contribution in [3.8, 4) is 11.5 Å². The quantitative estimate of drug-likeness (QED) is 0.488. The number of nitrogens with zero attached hydrogens (tertiary/aromatic N) is 2. The van der Waals surface area contributed by atoms with E-state index in [0.29, 0.717) is 12.3 Å². The Bertz CT molecular complexity index is 724. The summed E-state index contributed by atoms with van der Waals surface area (Å²) in [6.45, 7) is 8.46. The maximum Gasteiger partial charge on any atom is 0.191 e. The van der Waals surface area contributed by atoms with Crippen molar-refractivity contribution in [2.45, 2.75) is 33.6 Å². The minimum Gasteiger partial charge on any atom is -0.504 e. The monoisotopic (exact) mass is 376 g/mol. The van der Waals surface area contributed by atoms with Crippen LogP contribution in [0.1, 0.15) is 28.1 Å². The molecule has 0 aliphatic carbocycles. The molecule has 0 bridgehead atoms. The maximum absolute atomic E-state index is 9.65. The second kappa shape index (κ2) is 10.0. The second-order valence-corrected chi connectivity index (χ2v) is 7.23. The summed E-state index contributed by atoms with van der Waals surface area (Å²) in [5, 5.41) is 17.4. The molecule has 142 valence electrons. The molecule has 0 saturated carbocycles. The Balaban J connectivity index is 1.85. The average Bonchev–Trinajstić information content (AvgIpc) is 2.94. The van der Waals surface area contributed by atoms with E-state index in [1.54, 1.807) is 24.5 Å². The van der Waals surface area contributed by atoms with Crippen molar-refractivity contribution >= 4 is 17.3 Å². The Morgan fingerprint density at radius 2 is 2.08 bits per heavy atom. The number of aliphatic imine (C=N–C) groups is 1. The number of benzene rings is 1. The number of guanidine groups is 1. The third kappa shape index (κ3) is 5.91. The summed E-state index contributed by atoms with van der Waals surface area (Å²) < 4.78 is 5.15. The van der Waals surface area contributed by atoms with Crippen LogP contribution in [0, 0.1) is 13.8 Å². The van der Waals surface area contributed by atoms with Gasteiger partial charge in [0.05, 0.1) is 17.8 Å². The van der Waals surface area contributed by atoms with Gasteiger partial charge in [-0.3, -0.25) is 4.99 Å². The van der Waals surface area contributed by atoms with E-state index in [9.17, 15) is 5.11 Å². The summed E-state index contributed by atoms with van der Waals surface area (Å²) >= 11 is 1.75. The number of thiazole rings is 1. The first-order valence-corrected chi connectivity index (χ1v) is 9.66. The van der Waals surface area contributed by atoms with E-state index in [0.717, 1.165) is 48.2 Å². The number of nitrogens with one attached hydrogen (secondary N) is 2. The van der Waals surface area contributed by atoms with E-state index in [-0.39, 0.29) is 5.75 Å². The van der Waals surface area contributed by atoms with Gasteiger partial charge in [-0.05, 0) is 44.9 Å². The molecule has 0 aliphatic rings. The van der Waals surface area contributed by atoms with Crippen LogP contribution in [0.2, 0.25) is 0 Å². The van der Waals surface area contributed by atoms with Crippen molar-refractivity contribution in [1.29, 1.82) is 0 Å². The molecule has 0 amide bonds. The lowest BCUT2D eigenvalue weighted by Gasteiger charge is -2.12. The number of aromatic hydroxyl groups is 1. The Hall–Kier alpha value is -2.28. The van der Waals surface area contributed by atoms with Crippen molar-refractivity contribution in [1.82, 2.24) is 15.6 Å². The van der Waals surface area contributed by atoms with Gasteiger partial charge in [0.1, 0.15) is 0 Å². The third-order valence-electron chi connectivity index (χ3n) is 3.96. The average molecular weight is 377 g/mol. The Labute approximate surface area is 159 Å². The van der Waals surface area contributed by atoms with Crippen LogP contribution in [0.25, 0.3) is 0 Å². The van der Waals surface area contributed by atoms with E-state index in [4.69, 9.17) is 4.74 Å². The van der Waals surface area contributed by atoms with Crippen LogP contribution in [0.3, 0.4) is 0 Å². The number of methoxy groups -OCH3 is 1. The molecule has 0 unspecified atom stereocenters. The van der Waals surface area contributed by atoms with Gasteiger partial charge in [-0.25, -0.2) is 4.98 Å². The van der Waals surface area contributed by atoms with Gasteiger partial charge in [-0.2, -0.15) is 0 Å². The molecular formula is C19H28N4O2S. The molecule has 7 heteroatoms. The number of hydrogen-bond donors (Lipinski definition) is 3. The van der Waals surface area contributed by atoms with Gasteiger partial charge in [0.2, 0.25) is 0 Å². The normalized spacial score (nSPS) is 11.5. The molecule has 1 aromatic carbocycles. The Kier molecular flexibility index (Phi) is 7.72. The van der Waals surface area contributed by atoms with Gasteiger partial charge in [0.15, 0.2) is 17.5 Å². The number of rotatable bonds is 8. The fraction of sp³-hybridized carbons (Fsp3) is 0.474. The zero-order valence-corrected chi connectivity index (χ0v) is 16.7. The van der Waals surface area contributed by atoms with Crippen LogP contribution in [-0.4, -0.2) is 42.8 Å². The molecule has 3 N–H and O–H groups in total. The number of aromatic nitrogens is 1. The first kappa shape index (κ1) is 20.0. The molecule has 0 atom stereocenters. The smallest absolute Gasteiger partial charge is 0.191 e. The summed E-state index contributed by atoms with van der Waals surface area (Å²) in [6, 6.07) is 5.41. The standard InChI is InChI=1S/C19H28N4O2S/c1-5-20-19(22-11-9-18-23-13(2)14(3)26-18)21-10-8-15-6-7-16(24)17(12-15)25-4/h6-7,12,24H,5,8-11H2,1-4H3,(H2,20,21,22). The molecule has 2 rings (SSSR count). The van der Waals surface area contributed by atoms with Crippen LogP contribution in [0.4, 0.5) is 0 Å². The fourth-order valence-corrected chi connectivity index (χ4v) is 3.38. The number of ether oxygens (including phenoxy) is 1. The van der Waals surface area contributed by atoms with Crippen molar-refractivity contribution in [2.75, 3.05) is 26.7 Å². The molecule has 0 fully saturated rings. The Morgan fingerprint density at radius 1 is 1.27 bits per heavy atom. The predicted octanol–water partition coefficient (Wildman–Crippen LogP) is 2.81. The first-order valence-electron chi connectivity index (χ1n) is 8.84. The largest absolute Gasteiger partial charge is 0.504 e. The lowest BCUT2D eigenvalue weighted by atomic mass is 10.1. The lowest BCUT2D eigenvalue weighted by molar-refractivity contribution is 0.373. The highest BCUT2D eigenvalue weighted by Gasteiger charge is 2.05. The summed E-state index contributed by atoms with van der Waals surface area (Å²) in [6.07, 6.45) is 1.66. The van der Waals surface area contributed by atoms with Crippen molar-refractivity contribution in [3.63, 3.8) is 0 Å². The third-order valence-corrected chi connectivity index (χ3v) is 5.10. The van der Waals surface area contributed by atoms with E-state index >= 15 is 0 Å². The molecule has 1 heterocycles. The van der Waals surface area contributed by atoms with Crippen molar-refractivity contribution in [3.05, 3.63) is 39.3 Å². The zero-order valence-electron chi connectivity index (χ0n) is 15.9. The molecule has 0 aliphatic heterocycles. The minimum atomic E-state index is 0.159. The molecule has 2 aromatic rings. The number of hydrogen-bond acceptors (Lipinski definition) is 5. The van der Waals surface area contributed by atoms with Crippen LogP contribution in [0.15, 0.2) is 23.2 Å². The summed E-state index contributed by atoms with van der Waals surface area (Å²) in [5.74, 6) is 1.46. The highest BCUT2D eigenvalue weighted by atomic mass is 32.1. The SMILES string of the molecule is CCNC(=NCCc1nc(C)c(C)s1)NCCc1ccc(O)c(OC)c1. The molecule has 0 saturated heterocycles. The van der Waals surface area contributed by atoms with Crippen LogP contribution in [-0.2, 0) is 12.8 Å². The van der Waals surface area contributed by atoms with E-state index in [1.807, 2.05) is 19.1 Å². The molecule has 0 radical (unpaired) electrons. The minimum absolute atomic E-state index is 0.159. The zero-order chi connectivity index (χ0) is 18.9. The van der Waals surface area contributed by atoms with Gasteiger partial charge in [0, 0.05) is 30.9 Å². The van der Waals surface area contributed by atoms with Gasteiger partial charge in [-0.15, -0.1) is 11.3 Å². The molecule has 26 heavy (non-hydrogen) atoms. The van der Waals surface area contributed by atoms with Gasteiger partial charge in [-0.1, -0.05) is 6.07 Å². The maximum atomic E-state index is 9.65. The van der Waals surface area contributed by atoms with Gasteiger partial charge < -0.3 is 20.5 Å². The van der Waals surface area contributed by atoms with E-state index in [2.05, 4.69) is 34.5 Å². The number of phenols is 1. The van der Waals surface area contributed by atoms with Crippen LogP contribution in [0.5, 0.6) is 11.5 Å². The van der Waals surface area contributed by atoms with Gasteiger partial charge in [0.25, 0.3) is 0 Å². The topological polar surface area (TPSA) is 78.8 Å². The van der Waals surface area contributed by atoms with Crippen LogP contribution >= 0.6 is 11.3 Å². The summed E-state index contributed by atoms with van der Waals surface area (Å²) in [5.41, 5.74) is 2.21. The fourth-order valence-electron chi connectivity index (χ4n) is 2.45. The number of phenolic OH excluding ortho intramolecular Hbond substituents is 1. The first-order chi connectivity index (χ1) is 12.5. The highest BCUT2D eigenvalue weighted by Crippen LogP contribution is 2.26. The lowest BCUT2D eigenvalue weighted by Crippen LogP contribution is -2.38. The van der Waals surface area contributed by atoms with E-state index < -0.39 is 0 Å². The highest BCUT2D eigenvalue weighted by molar-refractivity contribution is 7.11. The van der Waals surface area contributed by atoms with Crippen molar-refractivity contribution in [2.24, 2.45) is 4.99 Å². The van der Waals surface area contributed by atoms with Gasteiger partial charge >= 0.3 is 0 Å². The molecule has 1 aromatic heterocycles. The summed E-state index contributed by atoms with van der Waals surface area (Å²) in [7, 11) is 1.55. The Morgan fingerprint density at radius 3 is 2.73 bits per heavy atom. The summed E-state index contributed by atoms with van der Waals surface area (Å²) in [4.78, 5) is 10.5. The molecule has 0 spiro atoms. The number of aryl methyl sites for hydroxylation is 2. The molecular weight excluding hydrogens is 348 g/mol. The van der Waals surface area contributed by atoms with Crippen LogP contribution < -0.4 is 15.4 Å². The van der Waals surface area contributed by atoms with Crippen molar-refractivity contribution < 1.29 is 9.84 Å². The van der Waals surface area contributed by atoms with E-state index in [1.165, 1.54) is 4.88 Å². The second-order valence-electron chi connectivity index (χ2n) is 5.94. The molecule has 6 nitrogen and oxygen atoms in total. The predicted molar refractivity (Wildman–Crippen MR) is 108 cm³/mol.